The Morgan fingerprint density at radius 1 is 1.35 bits per heavy atom. The van der Waals surface area contributed by atoms with Gasteiger partial charge in [0, 0.05) is 31.9 Å². The van der Waals surface area contributed by atoms with E-state index in [-0.39, 0.29) is 12.7 Å². The fourth-order valence-corrected chi connectivity index (χ4v) is 2.83. The summed E-state index contributed by atoms with van der Waals surface area (Å²) in [5, 5.41) is 6.63. The molecule has 1 saturated heterocycles. The second-order valence-corrected chi connectivity index (χ2v) is 5.96. The molecule has 0 aliphatic carbocycles. The number of hydrogen-bond acceptors (Lipinski definition) is 2. The first kappa shape index (κ1) is 17.6. The first-order chi connectivity index (χ1) is 11.2. The summed E-state index contributed by atoms with van der Waals surface area (Å²) in [6, 6.07) is 8.85. The molecule has 2 N–H and O–H groups in total. The molecule has 0 amide bonds. The zero-order valence-electron chi connectivity index (χ0n) is 14.3. The molecule has 1 fully saturated rings. The first-order valence-corrected chi connectivity index (χ1v) is 8.70. The molecule has 1 aromatic carbocycles. The highest BCUT2D eigenvalue weighted by Gasteiger charge is 2.14. The van der Waals surface area contributed by atoms with E-state index in [9.17, 15) is 4.39 Å². The van der Waals surface area contributed by atoms with Crippen LogP contribution in [0.2, 0.25) is 0 Å². The highest BCUT2D eigenvalue weighted by Crippen LogP contribution is 2.23. The number of hydrogen-bond donors (Lipinski definition) is 2. The van der Waals surface area contributed by atoms with Gasteiger partial charge in [0.2, 0.25) is 0 Å². The van der Waals surface area contributed by atoms with Gasteiger partial charge in [-0.2, -0.15) is 0 Å². The molecule has 4 nitrogen and oxygen atoms in total. The average molecular weight is 320 g/mol. The molecular weight excluding hydrogens is 291 g/mol. The molecule has 5 heteroatoms. The molecule has 1 aromatic rings. The second kappa shape index (κ2) is 9.38. The summed E-state index contributed by atoms with van der Waals surface area (Å²) < 4.78 is 12.2. The van der Waals surface area contributed by atoms with Gasteiger partial charge in [0.1, 0.15) is 0 Å². The van der Waals surface area contributed by atoms with Gasteiger partial charge in [-0.3, -0.25) is 9.38 Å². The summed E-state index contributed by atoms with van der Waals surface area (Å²) in [6.07, 6.45) is 3.03. The first-order valence-electron chi connectivity index (χ1n) is 8.70. The number of aliphatic imine (C=N–C) groups is 1. The predicted octanol–water partition coefficient (Wildman–Crippen LogP) is 3.26. The third-order valence-electron chi connectivity index (χ3n) is 4.10. The number of alkyl halides is 1. The van der Waals surface area contributed by atoms with Crippen molar-refractivity contribution >= 4 is 11.6 Å². The molecule has 2 rings (SSSR count). The molecule has 0 spiro atoms. The van der Waals surface area contributed by atoms with Crippen molar-refractivity contribution in [1.29, 1.82) is 0 Å². The monoisotopic (exact) mass is 320 g/mol. The third-order valence-corrected chi connectivity index (χ3v) is 4.10. The summed E-state index contributed by atoms with van der Waals surface area (Å²) in [5.41, 5.74) is 2.54. The Balaban J connectivity index is 2.01. The molecule has 1 aliphatic heterocycles. The molecule has 1 aliphatic rings. The third kappa shape index (κ3) is 5.41. The second-order valence-electron chi connectivity index (χ2n) is 5.96. The van der Waals surface area contributed by atoms with Crippen molar-refractivity contribution < 1.29 is 4.39 Å². The van der Waals surface area contributed by atoms with Crippen LogP contribution in [0.3, 0.4) is 0 Å². The van der Waals surface area contributed by atoms with E-state index in [0.717, 1.165) is 25.6 Å². The van der Waals surface area contributed by atoms with Gasteiger partial charge in [0.25, 0.3) is 0 Å². The fourth-order valence-electron chi connectivity index (χ4n) is 2.83. The van der Waals surface area contributed by atoms with Crippen molar-refractivity contribution in [2.75, 3.05) is 37.8 Å². The number of anilines is 1. The van der Waals surface area contributed by atoms with E-state index >= 15 is 0 Å². The van der Waals surface area contributed by atoms with E-state index in [1.807, 2.05) is 6.92 Å². The molecule has 0 saturated carbocycles. The normalized spacial score (nSPS) is 16.5. The van der Waals surface area contributed by atoms with E-state index in [2.05, 4.69) is 51.7 Å². The van der Waals surface area contributed by atoms with Crippen LogP contribution in [0.15, 0.2) is 29.3 Å². The molecule has 128 valence electrons. The Bertz CT molecular complexity index is 498. The van der Waals surface area contributed by atoms with Gasteiger partial charge in [-0.05, 0) is 50.8 Å². The maximum atomic E-state index is 12.2. The van der Waals surface area contributed by atoms with Crippen LogP contribution in [0, 0.1) is 0 Å². The summed E-state index contributed by atoms with van der Waals surface area (Å²) in [4.78, 5) is 6.85. The lowest BCUT2D eigenvalue weighted by Crippen LogP contribution is -2.38. The SMILES string of the molecule is CCNC(=NCCCF)NC(C)c1cccc(N2CCCC2)c1. The Morgan fingerprint density at radius 3 is 2.83 bits per heavy atom. The maximum absolute atomic E-state index is 12.2. The lowest BCUT2D eigenvalue weighted by atomic mass is 10.1. The van der Waals surface area contributed by atoms with E-state index < -0.39 is 0 Å². The van der Waals surface area contributed by atoms with Gasteiger partial charge in [-0.1, -0.05) is 12.1 Å². The Kier molecular flexibility index (Phi) is 7.17. The van der Waals surface area contributed by atoms with E-state index in [1.54, 1.807) is 0 Å². The van der Waals surface area contributed by atoms with E-state index in [4.69, 9.17) is 0 Å². The molecule has 1 atom stereocenters. The van der Waals surface area contributed by atoms with E-state index in [1.165, 1.54) is 24.1 Å². The van der Waals surface area contributed by atoms with Crippen LogP contribution >= 0.6 is 0 Å². The number of rotatable bonds is 7. The lowest BCUT2D eigenvalue weighted by Gasteiger charge is -2.22. The minimum Gasteiger partial charge on any atom is -0.372 e. The minimum absolute atomic E-state index is 0.153. The Hall–Kier alpha value is -1.78. The van der Waals surface area contributed by atoms with Crippen LogP contribution in [-0.4, -0.2) is 38.8 Å². The smallest absolute Gasteiger partial charge is 0.191 e. The molecular formula is C18H29FN4. The number of halogens is 1. The zero-order chi connectivity index (χ0) is 16.5. The van der Waals surface area contributed by atoms with Gasteiger partial charge in [0.05, 0.1) is 12.7 Å². The number of guanidine groups is 1. The Morgan fingerprint density at radius 2 is 2.13 bits per heavy atom. The van der Waals surface area contributed by atoms with Crippen LogP contribution in [0.4, 0.5) is 10.1 Å². The van der Waals surface area contributed by atoms with Gasteiger partial charge >= 0.3 is 0 Å². The Labute approximate surface area is 139 Å². The standard InChI is InChI=1S/C18H29FN4/c1-3-20-18(21-11-7-10-19)22-15(2)16-8-6-9-17(14-16)23-12-4-5-13-23/h6,8-9,14-15H,3-5,7,10-13H2,1-2H3,(H2,20,21,22). The predicted molar refractivity (Wildman–Crippen MR) is 96.0 cm³/mol. The zero-order valence-corrected chi connectivity index (χ0v) is 14.3. The maximum Gasteiger partial charge on any atom is 0.191 e. The molecule has 23 heavy (non-hydrogen) atoms. The van der Waals surface area contributed by atoms with Crippen molar-refractivity contribution in [1.82, 2.24) is 10.6 Å². The number of nitrogens with zero attached hydrogens (tertiary/aromatic N) is 2. The summed E-state index contributed by atoms with van der Waals surface area (Å²) in [5.74, 6) is 0.750. The largest absolute Gasteiger partial charge is 0.372 e. The van der Waals surface area contributed by atoms with Crippen LogP contribution < -0.4 is 15.5 Å². The fraction of sp³-hybridized carbons (Fsp3) is 0.611. The highest BCUT2D eigenvalue weighted by molar-refractivity contribution is 5.80. The van der Waals surface area contributed by atoms with Gasteiger partial charge in [-0.15, -0.1) is 0 Å². The number of nitrogens with one attached hydrogen (secondary N) is 2. The van der Waals surface area contributed by atoms with Crippen molar-refractivity contribution in [3.63, 3.8) is 0 Å². The van der Waals surface area contributed by atoms with Gasteiger partial charge < -0.3 is 15.5 Å². The molecule has 0 bridgehead atoms. The van der Waals surface area contributed by atoms with E-state index in [0.29, 0.717) is 13.0 Å². The summed E-state index contributed by atoms with van der Waals surface area (Å²) in [7, 11) is 0. The van der Waals surface area contributed by atoms with Crippen molar-refractivity contribution in [3.05, 3.63) is 29.8 Å². The molecule has 1 unspecified atom stereocenters. The van der Waals surface area contributed by atoms with Crippen LogP contribution in [0.25, 0.3) is 0 Å². The van der Waals surface area contributed by atoms with Crippen LogP contribution in [0.5, 0.6) is 0 Å². The lowest BCUT2D eigenvalue weighted by molar-refractivity contribution is 0.477. The van der Waals surface area contributed by atoms with Gasteiger partial charge in [-0.25, -0.2) is 0 Å². The molecule has 0 radical (unpaired) electrons. The average Bonchev–Trinajstić information content (AvgIpc) is 3.10. The summed E-state index contributed by atoms with van der Waals surface area (Å²) in [6.45, 7) is 7.44. The highest BCUT2D eigenvalue weighted by atomic mass is 19.1. The van der Waals surface area contributed by atoms with Crippen LogP contribution in [-0.2, 0) is 0 Å². The molecule has 1 heterocycles. The summed E-state index contributed by atoms with van der Waals surface area (Å²) >= 11 is 0. The quantitative estimate of drug-likeness (QED) is 0.460. The topological polar surface area (TPSA) is 39.7 Å². The number of benzene rings is 1. The minimum atomic E-state index is -0.323. The van der Waals surface area contributed by atoms with Crippen LogP contribution in [0.1, 0.15) is 44.7 Å². The van der Waals surface area contributed by atoms with Crippen molar-refractivity contribution in [3.8, 4) is 0 Å². The molecule has 0 aromatic heterocycles. The van der Waals surface area contributed by atoms with Crippen molar-refractivity contribution in [2.45, 2.75) is 39.2 Å². The van der Waals surface area contributed by atoms with Crippen molar-refractivity contribution in [2.24, 2.45) is 4.99 Å². The van der Waals surface area contributed by atoms with Gasteiger partial charge in [0.15, 0.2) is 5.96 Å².